The summed E-state index contributed by atoms with van der Waals surface area (Å²) in [6.45, 7) is 3.86. The highest BCUT2D eigenvalue weighted by molar-refractivity contribution is 5.79. The third-order valence-corrected chi connectivity index (χ3v) is 2.79. The molecule has 0 saturated heterocycles. The first-order valence-corrected chi connectivity index (χ1v) is 5.24. The molecular formula is C14H15NO. The minimum atomic E-state index is 0.329. The van der Waals surface area contributed by atoms with Crippen LogP contribution in [0.25, 0.3) is 11.1 Å². The SMILES string of the molecule is Cc1cc(-c2ccccc2N)c(C)cc1O. The highest BCUT2D eigenvalue weighted by Gasteiger charge is 2.07. The van der Waals surface area contributed by atoms with Crippen molar-refractivity contribution in [1.82, 2.24) is 0 Å². The zero-order valence-electron chi connectivity index (χ0n) is 9.49. The number of aryl methyl sites for hydroxylation is 2. The number of phenolic OH excluding ortho intramolecular Hbond substituents is 1. The quantitative estimate of drug-likeness (QED) is 0.714. The Kier molecular flexibility index (Phi) is 2.57. The average molecular weight is 213 g/mol. The van der Waals surface area contributed by atoms with E-state index in [-0.39, 0.29) is 0 Å². The van der Waals surface area contributed by atoms with Gasteiger partial charge in [-0.25, -0.2) is 0 Å². The molecule has 2 aromatic rings. The van der Waals surface area contributed by atoms with E-state index < -0.39 is 0 Å². The van der Waals surface area contributed by atoms with Crippen LogP contribution in [0.3, 0.4) is 0 Å². The molecule has 0 aliphatic carbocycles. The molecule has 0 heterocycles. The molecule has 0 bridgehead atoms. The standard InChI is InChI=1S/C14H15NO/c1-9-8-14(16)10(2)7-12(9)11-5-3-4-6-13(11)15/h3-8,16H,15H2,1-2H3. The van der Waals surface area contributed by atoms with Gasteiger partial charge in [-0.1, -0.05) is 18.2 Å². The van der Waals surface area contributed by atoms with E-state index in [1.165, 1.54) is 0 Å². The van der Waals surface area contributed by atoms with Crippen LogP contribution in [-0.4, -0.2) is 5.11 Å². The number of hydrogen-bond donors (Lipinski definition) is 2. The zero-order valence-corrected chi connectivity index (χ0v) is 9.49. The molecule has 2 nitrogen and oxygen atoms in total. The Hall–Kier alpha value is -1.96. The maximum absolute atomic E-state index is 9.61. The van der Waals surface area contributed by atoms with Crippen LogP contribution in [0.15, 0.2) is 36.4 Å². The highest BCUT2D eigenvalue weighted by Crippen LogP contribution is 2.32. The smallest absolute Gasteiger partial charge is 0.118 e. The molecule has 0 aromatic heterocycles. The Bertz CT molecular complexity index is 532. The summed E-state index contributed by atoms with van der Waals surface area (Å²) in [4.78, 5) is 0. The van der Waals surface area contributed by atoms with Crippen molar-refractivity contribution in [3.63, 3.8) is 0 Å². The van der Waals surface area contributed by atoms with Crippen LogP contribution in [0.4, 0.5) is 5.69 Å². The summed E-state index contributed by atoms with van der Waals surface area (Å²) in [5.41, 5.74) is 10.7. The Morgan fingerprint density at radius 3 is 2.31 bits per heavy atom. The Morgan fingerprint density at radius 1 is 0.938 bits per heavy atom. The third kappa shape index (κ3) is 1.74. The largest absolute Gasteiger partial charge is 0.508 e. The number of para-hydroxylation sites is 1. The van der Waals surface area contributed by atoms with Gasteiger partial charge in [0.25, 0.3) is 0 Å². The summed E-state index contributed by atoms with van der Waals surface area (Å²) in [5, 5.41) is 9.61. The maximum Gasteiger partial charge on any atom is 0.118 e. The first kappa shape index (κ1) is 10.6. The van der Waals surface area contributed by atoms with Crippen molar-refractivity contribution >= 4 is 5.69 Å². The van der Waals surface area contributed by atoms with E-state index in [1.807, 2.05) is 44.2 Å². The number of nitrogens with two attached hydrogens (primary N) is 1. The van der Waals surface area contributed by atoms with Crippen LogP contribution >= 0.6 is 0 Å². The number of benzene rings is 2. The second kappa shape index (κ2) is 3.89. The molecule has 16 heavy (non-hydrogen) atoms. The molecule has 3 N–H and O–H groups in total. The minimum absolute atomic E-state index is 0.329. The molecule has 0 amide bonds. The summed E-state index contributed by atoms with van der Waals surface area (Å²) >= 11 is 0. The van der Waals surface area contributed by atoms with E-state index >= 15 is 0 Å². The minimum Gasteiger partial charge on any atom is -0.508 e. The van der Waals surface area contributed by atoms with Gasteiger partial charge in [0.1, 0.15) is 5.75 Å². The number of rotatable bonds is 1. The van der Waals surface area contributed by atoms with Crippen LogP contribution in [0.2, 0.25) is 0 Å². The molecular weight excluding hydrogens is 198 g/mol. The van der Waals surface area contributed by atoms with Crippen LogP contribution in [0.1, 0.15) is 11.1 Å². The Labute approximate surface area is 95.4 Å². The van der Waals surface area contributed by atoms with Gasteiger partial charge >= 0.3 is 0 Å². The van der Waals surface area contributed by atoms with Gasteiger partial charge < -0.3 is 10.8 Å². The molecule has 0 atom stereocenters. The van der Waals surface area contributed by atoms with Crippen LogP contribution < -0.4 is 5.73 Å². The summed E-state index contributed by atoms with van der Waals surface area (Å²) in [6.07, 6.45) is 0. The lowest BCUT2D eigenvalue weighted by Crippen LogP contribution is -1.92. The van der Waals surface area contributed by atoms with Crippen molar-refractivity contribution in [3.8, 4) is 16.9 Å². The summed E-state index contributed by atoms with van der Waals surface area (Å²) in [7, 11) is 0. The first-order valence-electron chi connectivity index (χ1n) is 5.24. The topological polar surface area (TPSA) is 46.2 Å². The van der Waals surface area contributed by atoms with Gasteiger partial charge in [-0.05, 0) is 48.7 Å². The molecule has 0 radical (unpaired) electrons. The molecule has 2 rings (SSSR count). The number of phenols is 1. The molecule has 0 unspecified atom stereocenters. The van der Waals surface area contributed by atoms with Crippen molar-refractivity contribution in [3.05, 3.63) is 47.5 Å². The average Bonchev–Trinajstić information content (AvgIpc) is 2.25. The van der Waals surface area contributed by atoms with Gasteiger partial charge in [-0.2, -0.15) is 0 Å². The molecule has 0 aliphatic heterocycles. The number of hydrogen-bond acceptors (Lipinski definition) is 2. The van der Waals surface area contributed by atoms with Gasteiger partial charge in [0.2, 0.25) is 0 Å². The van der Waals surface area contributed by atoms with E-state index in [0.29, 0.717) is 5.75 Å². The summed E-state index contributed by atoms with van der Waals surface area (Å²) in [5.74, 6) is 0.329. The van der Waals surface area contributed by atoms with Gasteiger partial charge in [-0.15, -0.1) is 0 Å². The molecule has 0 fully saturated rings. The van der Waals surface area contributed by atoms with E-state index in [9.17, 15) is 5.11 Å². The van der Waals surface area contributed by atoms with Gasteiger partial charge in [-0.3, -0.25) is 0 Å². The van der Waals surface area contributed by atoms with Gasteiger partial charge in [0, 0.05) is 11.3 Å². The van der Waals surface area contributed by atoms with Crippen LogP contribution in [-0.2, 0) is 0 Å². The molecule has 0 aliphatic rings. The number of aromatic hydroxyl groups is 1. The first-order chi connectivity index (χ1) is 7.59. The third-order valence-electron chi connectivity index (χ3n) is 2.79. The highest BCUT2D eigenvalue weighted by atomic mass is 16.3. The summed E-state index contributed by atoms with van der Waals surface area (Å²) < 4.78 is 0. The lowest BCUT2D eigenvalue weighted by molar-refractivity contribution is 0.471. The van der Waals surface area contributed by atoms with Crippen molar-refractivity contribution in [2.45, 2.75) is 13.8 Å². The van der Waals surface area contributed by atoms with Gasteiger partial charge in [0.05, 0.1) is 0 Å². The normalized spacial score (nSPS) is 10.4. The lowest BCUT2D eigenvalue weighted by Gasteiger charge is -2.11. The molecule has 2 aromatic carbocycles. The van der Waals surface area contributed by atoms with Crippen LogP contribution in [0, 0.1) is 13.8 Å². The second-order valence-corrected chi connectivity index (χ2v) is 4.04. The molecule has 2 heteroatoms. The zero-order chi connectivity index (χ0) is 11.7. The molecule has 82 valence electrons. The predicted molar refractivity (Wildman–Crippen MR) is 67.4 cm³/mol. The van der Waals surface area contributed by atoms with Crippen molar-refractivity contribution < 1.29 is 5.11 Å². The van der Waals surface area contributed by atoms with Crippen molar-refractivity contribution in [1.29, 1.82) is 0 Å². The van der Waals surface area contributed by atoms with E-state index in [4.69, 9.17) is 5.73 Å². The molecule has 0 saturated carbocycles. The predicted octanol–water partition coefficient (Wildman–Crippen LogP) is 3.26. The Balaban J connectivity index is 2.65. The second-order valence-electron chi connectivity index (χ2n) is 4.04. The number of nitrogen functional groups attached to an aromatic ring is 1. The fourth-order valence-corrected chi connectivity index (χ4v) is 1.83. The Morgan fingerprint density at radius 2 is 1.62 bits per heavy atom. The van der Waals surface area contributed by atoms with E-state index in [0.717, 1.165) is 27.9 Å². The van der Waals surface area contributed by atoms with E-state index in [1.54, 1.807) is 6.07 Å². The summed E-state index contributed by atoms with van der Waals surface area (Å²) in [6, 6.07) is 11.5. The monoisotopic (exact) mass is 213 g/mol. The number of anilines is 1. The van der Waals surface area contributed by atoms with Crippen molar-refractivity contribution in [2.75, 3.05) is 5.73 Å². The fourth-order valence-electron chi connectivity index (χ4n) is 1.83. The van der Waals surface area contributed by atoms with E-state index in [2.05, 4.69) is 0 Å². The van der Waals surface area contributed by atoms with Crippen molar-refractivity contribution in [2.24, 2.45) is 0 Å². The maximum atomic E-state index is 9.61. The van der Waals surface area contributed by atoms with Gasteiger partial charge in [0.15, 0.2) is 0 Å². The fraction of sp³-hybridized carbons (Fsp3) is 0.143. The lowest BCUT2D eigenvalue weighted by atomic mass is 9.97. The molecule has 0 spiro atoms. The van der Waals surface area contributed by atoms with Crippen LogP contribution in [0.5, 0.6) is 5.75 Å².